The topological polar surface area (TPSA) is 56.8 Å². The van der Waals surface area contributed by atoms with Crippen molar-refractivity contribution in [3.63, 3.8) is 0 Å². The maximum Gasteiger partial charge on any atom is 0.224 e. The zero-order chi connectivity index (χ0) is 17.0. The summed E-state index contributed by atoms with van der Waals surface area (Å²) in [5.74, 6) is 0.150. The molecule has 0 aromatic heterocycles. The largest absolute Gasteiger partial charge is 0.491 e. The van der Waals surface area contributed by atoms with Crippen molar-refractivity contribution in [1.29, 1.82) is 0 Å². The molecule has 5 heteroatoms. The Morgan fingerprint density at radius 1 is 1.29 bits per heavy atom. The molecule has 24 heavy (non-hydrogen) atoms. The summed E-state index contributed by atoms with van der Waals surface area (Å²) in [5.41, 5.74) is 0.904. The second-order valence-electron chi connectivity index (χ2n) is 6.83. The molecule has 0 unspecified atom stereocenters. The third kappa shape index (κ3) is 3.90. The van der Waals surface area contributed by atoms with Gasteiger partial charge in [0.25, 0.3) is 0 Å². The van der Waals surface area contributed by atoms with Gasteiger partial charge < -0.3 is 19.5 Å². The van der Waals surface area contributed by atoms with Crippen LogP contribution in [0.5, 0.6) is 5.75 Å². The first-order valence-corrected chi connectivity index (χ1v) is 8.91. The lowest BCUT2D eigenvalue weighted by Gasteiger charge is -2.39. The summed E-state index contributed by atoms with van der Waals surface area (Å²) in [5, 5.41) is 3.14. The molecule has 0 bridgehead atoms. The Morgan fingerprint density at radius 2 is 2.04 bits per heavy atom. The monoisotopic (exact) mass is 333 g/mol. The summed E-state index contributed by atoms with van der Waals surface area (Å²) in [7, 11) is 0. The second kappa shape index (κ2) is 7.53. The van der Waals surface area contributed by atoms with Gasteiger partial charge >= 0.3 is 0 Å². The first kappa shape index (κ1) is 17.2. The number of amides is 1. The third-order valence-corrected chi connectivity index (χ3v) is 4.60. The van der Waals surface area contributed by atoms with Crippen molar-refractivity contribution in [2.75, 3.05) is 13.2 Å². The molecule has 1 aromatic carbocycles. The number of carbonyl (C=O) groups excluding carboxylic acids is 1. The third-order valence-electron chi connectivity index (χ3n) is 4.60. The molecule has 1 heterocycles. The molecule has 3 rings (SSSR count). The van der Waals surface area contributed by atoms with Crippen molar-refractivity contribution < 1.29 is 19.0 Å². The van der Waals surface area contributed by atoms with Gasteiger partial charge in [-0.25, -0.2) is 0 Å². The Bertz CT molecular complexity index is 566. The number of carbonyl (C=O) groups is 1. The molecule has 1 atom stereocenters. The number of ether oxygens (including phenoxy) is 3. The van der Waals surface area contributed by atoms with E-state index < -0.39 is 5.79 Å². The second-order valence-corrected chi connectivity index (χ2v) is 6.83. The van der Waals surface area contributed by atoms with Crippen LogP contribution < -0.4 is 10.1 Å². The molecule has 1 amide bonds. The van der Waals surface area contributed by atoms with Crippen LogP contribution >= 0.6 is 0 Å². The Hall–Kier alpha value is -1.59. The summed E-state index contributed by atoms with van der Waals surface area (Å²) in [4.78, 5) is 12.6. The lowest BCUT2D eigenvalue weighted by atomic mass is 9.88. The van der Waals surface area contributed by atoms with Crippen LogP contribution in [0.25, 0.3) is 0 Å². The van der Waals surface area contributed by atoms with Crippen molar-refractivity contribution in [1.82, 2.24) is 5.32 Å². The van der Waals surface area contributed by atoms with Crippen molar-refractivity contribution in [2.45, 2.75) is 63.9 Å². The normalized spacial score (nSPS) is 22.7. The van der Waals surface area contributed by atoms with Crippen LogP contribution in [0.4, 0.5) is 0 Å². The number of hydrogen-bond donors (Lipinski definition) is 1. The molecular formula is C19H27NO4. The minimum absolute atomic E-state index is 0.0137. The molecular weight excluding hydrogens is 306 g/mol. The van der Waals surface area contributed by atoms with Crippen LogP contribution in [-0.4, -0.2) is 37.1 Å². The lowest BCUT2D eigenvalue weighted by Crippen LogP contribution is -2.55. The predicted octanol–water partition coefficient (Wildman–Crippen LogP) is 2.82. The summed E-state index contributed by atoms with van der Waals surface area (Å²) in [6, 6.07) is 7.64. The molecule has 132 valence electrons. The highest BCUT2D eigenvalue weighted by atomic mass is 16.7. The standard InChI is InChI=1S/C19H27NO4/c1-14(2)24-16-8-4-3-7-15(16)13-18(21)20-17-9-5-6-10-19(17)22-11-12-23-19/h3-4,7-8,14,17H,5-6,9-13H2,1-2H3,(H,20,21)/t17-/m0/s1. The van der Waals surface area contributed by atoms with E-state index in [1.807, 2.05) is 38.1 Å². The summed E-state index contributed by atoms with van der Waals surface area (Å²) in [6.45, 7) is 5.18. The van der Waals surface area contributed by atoms with E-state index in [0.717, 1.165) is 37.0 Å². The van der Waals surface area contributed by atoms with Gasteiger partial charge in [0, 0.05) is 12.0 Å². The van der Waals surface area contributed by atoms with Crippen LogP contribution in [0.15, 0.2) is 24.3 Å². The van der Waals surface area contributed by atoms with Crippen molar-refractivity contribution in [2.24, 2.45) is 0 Å². The van der Waals surface area contributed by atoms with E-state index in [1.54, 1.807) is 0 Å². The Labute approximate surface area is 143 Å². The van der Waals surface area contributed by atoms with Crippen LogP contribution in [0.2, 0.25) is 0 Å². The van der Waals surface area contributed by atoms with E-state index in [4.69, 9.17) is 14.2 Å². The van der Waals surface area contributed by atoms with Gasteiger partial charge in [0.2, 0.25) is 5.91 Å². The van der Waals surface area contributed by atoms with Gasteiger partial charge in [-0.2, -0.15) is 0 Å². The van der Waals surface area contributed by atoms with E-state index in [-0.39, 0.29) is 18.1 Å². The SMILES string of the molecule is CC(C)Oc1ccccc1CC(=O)N[C@H]1CCCCC12OCCO2. The van der Waals surface area contributed by atoms with Crippen LogP contribution in [0.1, 0.15) is 45.1 Å². The fourth-order valence-electron chi connectivity index (χ4n) is 3.55. The zero-order valence-electron chi connectivity index (χ0n) is 14.5. The zero-order valence-corrected chi connectivity index (χ0v) is 14.5. The van der Waals surface area contributed by atoms with E-state index in [9.17, 15) is 4.79 Å². The lowest BCUT2D eigenvalue weighted by molar-refractivity contribution is -0.196. The van der Waals surface area contributed by atoms with Gasteiger partial charge in [-0.1, -0.05) is 24.6 Å². The van der Waals surface area contributed by atoms with Crippen molar-refractivity contribution in [3.8, 4) is 5.75 Å². The highest BCUT2D eigenvalue weighted by molar-refractivity contribution is 5.79. The summed E-state index contributed by atoms with van der Waals surface area (Å²) >= 11 is 0. The molecule has 1 saturated heterocycles. The molecule has 0 radical (unpaired) electrons. The fourth-order valence-corrected chi connectivity index (χ4v) is 3.55. The van der Waals surface area contributed by atoms with Gasteiger partial charge in [-0.3, -0.25) is 4.79 Å². The molecule has 2 aliphatic rings. The average molecular weight is 333 g/mol. The average Bonchev–Trinajstić information content (AvgIpc) is 3.00. The smallest absolute Gasteiger partial charge is 0.224 e. The van der Waals surface area contributed by atoms with Gasteiger partial charge in [0.05, 0.1) is 31.8 Å². The molecule has 2 fully saturated rings. The summed E-state index contributed by atoms with van der Waals surface area (Å²) < 4.78 is 17.5. The summed E-state index contributed by atoms with van der Waals surface area (Å²) in [6.07, 6.45) is 4.30. The van der Waals surface area contributed by atoms with Gasteiger partial charge in [0.15, 0.2) is 5.79 Å². The molecule has 1 aliphatic carbocycles. The molecule has 1 aromatic rings. The van der Waals surface area contributed by atoms with E-state index in [0.29, 0.717) is 19.6 Å². The molecule has 5 nitrogen and oxygen atoms in total. The number of hydrogen-bond acceptors (Lipinski definition) is 4. The van der Waals surface area contributed by atoms with Crippen LogP contribution in [-0.2, 0) is 20.7 Å². The molecule has 1 N–H and O–H groups in total. The molecule has 1 spiro atoms. The molecule has 1 aliphatic heterocycles. The van der Waals surface area contributed by atoms with E-state index in [1.165, 1.54) is 0 Å². The number of nitrogens with one attached hydrogen (secondary N) is 1. The Morgan fingerprint density at radius 3 is 2.79 bits per heavy atom. The van der Waals surface area contributed by atoms with E-state index >= 15 is 0 Å². The minimum atomic E-state index is -0.609. The quantitative estimate of drug-likeness (QED) is 0.900. The minimum Gasteiger partial charge on any atom is -0.491 e. The maximum absolute atomic E-state index is 12.6. The highest BCUT2D eigenvalue weighted by Crippen LogP contribution is 2.36. The highest BCUT2D eigenvalue weighted by Gasteiger charge is 2.46. The Balaban J connectivity index is 1.65. The number of benzene rings is 1. The van der Waals surface area contributed by atoms with Crippen LogP contribution in [0, 0.1) is 0 Å². The van der Waals surface area contributed by atoms with Gasteiger partial charge in [-0.05, 0) is 32.8 Å². The number of para-hydroxylation sites is 1. The Kier molecular flexibility index (Phi) is 5.41. The van der Waals surface area contributed by atoms with Crippen molar-refractivity contribution in [3.05, 3.63) is 29.8 Å². The predicted molar refractivity (Wildman–Crippen MR) is 90.9 cm³/mol. The van der Waals surface area contributed by atoms with Crippen molar-refractivity contribution >= 4 is 5.91 Å². The number of rotatable bonds is 5. The maximum atomic E-state index is 12.6. The van der Waals surface area contributed by atoms with Crippen LogP contribution in [0.3, 0.4) is 0 Å². The first-order valence-electron chi connectivity index (χ1n) is 8.91. The fraction of sp³-hybridized carbons (Fsp3) is 0.632. The van der Waals surface area contributed by atoms with Gasteiger partial charge in [-0.15, -0.1) is 0 Å². The van der Waals surface area contributed by atoms with E-state index in [2.05, 4.69) is 5.32 Å². The first-order chi connectivity index (χ1) is 11.6. The molecule has 1 saturated carbocycles. The van der Waals surface area contributed by atoms with Gasteiger partial charge in [0.1, 0.15) is 5.75 Å².